The molecule has 9 nitrogen and oxygen atoms in total. The van der Waals surface area contributed by atoms with Crippen molar-refractivity contribution in [3.63, 3.8) is 0 Å². The minimum Gasteiger partial charge on any atom is -0.508 e. The van der Waals surface area contributed by atoms with Crippen LogP contribution in [0.5, 0.6) is 5.75 Å². The summed E-state index contributed by atoms with van der Waals surface area (Å²) in [5, 5.41) is 21.4. The van der Waals surface area contributed by atoms with Crippen LogP contribution in [0.3, 0.4) is 0 Å². The molecule has 1 unspecified atom stereocenters. The number of hydrogen-bond acceptors (Lipinski definition) is 10. The molecule has 1 amide bonds. The van der Waals surface area contributed by atoms with E-state index >= 15 is 0 Å². The van der Waals surface area contributed by atoms with E-state index in [4.69, 9.17) is 4.74 Å². The highest BCUT2D eigenvalue weighted by Crippen LogP contribution is 2.44. The minimum absolute atomic E-state index is 0.00400. The van der Waals surface area contributed by atoms with Crippen LogP contribution in [0.4, 0.5) is 5.13 Å². The van der Waals surface area contributed by atoms with Crippen LogP contribution in [0, 0.1) is 20.8 Å². The Labute approximate surface area is 203 Å². The van der Waals surface area contributed by atoms with Crippen molar-refractivity contribution in [2.24, 2.45) is 0 Å². The largest absolute Gasteiger partial charge is 0.508 e. The fourth-order valence-electron chi connectivity index (χ4n) is 3.74. The van der Waals surface area contributed by atoms with Gasteiger partial charge in [-0.3, -0.25) is 14.5 Å². The maximum atomic E-state index is 13.6. The summed E-state index contributed by atoms with van der Waals surface area (Å²) >= 11 is 2.12. The van der Waals surface area contributed by atoms with Crippen molar-refractivity contribution in [1.29, 1.82) is 0 Å². The summed E-state index contributed by atoms with van der Waals surface area (Å²) in [5.74, 6) is -2.60. The number of ketones is 1. The van der Waals surface area contributed by atoms with Crippen LogP contribution in [0.25, 0.3) is 0 Å². The van der Waals surface area contributed by atoms with E-state index in [9.17, 15) is 24.6 Å². The van der Waals surface area contributed by atoms with Gasteiger partial charge in [0, 0.05) is 0 Å². The molecule has 1 aliphatic rings. The van der Waals surface area contributed by atoms with Crippen molar-refractivity contribution in [2.45, 2.75) is 33.7 Å². The van der Waals surface area contributed by atoms with Crippen molar-refractivity contribution < 1.29 is 29.3 Å². The quantitative estimate of drug-likeness (QED) is 0.381. The van der Waals surface area contributed by atoms with Crippen LogP contribution in [-0.2, 0) is 9.53 Å². The van der Waals surface area contributed by atoms with Crippen molar-refractivity contribution in [3.8, 4) is 5.75 Å². The van der Waals surface area contributed by atoms with Crippen molar-refractivity contribution >= 4 is 45.5 Å². The van der Waals surface area contributed by atoms with E-state index < -0.39 is 29.5 Å². The van der Waals surface area contributed by atoms with Gasteiger partial charge >= 0.3 is 5.97 Å². The average Bonchev–Trinajstić information content (AvgIpc) is 3.42. The lowest BCUT2D eigenvalue weighted by molar-refractivity contribution is -0.117. The summed E-state index contributed by atoms with van der Waals surface area (Å²) in [4.78, 5) is 49.6. The number of ether oxygens (including phenoxy) is 1. The Kier molecular flexibility index (Phi) is 6.24. The zero-order chi connectivity index (χ0) is 24.7. The molecule has 2 N–H and O–H groups in total. The van der Waals surface area contributed by atoms with Crippen molar-refractivity contribution in [1.82, 2.24) is 9.97 Å². The van der Waals surface area contributed by atoms with Crippen molar-refractivity contribution in [2.75, 3.05) is 11.5 Å². The summed E-state index contributed by atoms with van der Waals surface area (Å²) in [6.07, 6.45) is 0. The van der Waals surface area contributed by atoms with Gasteiger partial charge in [0.2, 0.25) is 5.78 Å². The Morgan fingerprint density at radius 2 is 1.68 bits per heavy atom. The number of aliphatic hydroxyl groups is 1. The number of benzene rings is 1. The lowest BCUT2D eigenvalue weighted by Crippen LogP contribution is -2.31. The average molecular weight is 500 g/mol. The molecular formula is C23H21N3O6S2. The van der Waals surface area contributed by atoms with E-state index in [0.717, 1.165) is 11.3 Å². The maximum absolute atomic E-state index is 13.6. The number of rotatable bonds is 6. The number of carbonyl (C=O) groups excluding carboxylic acids is 3. The zero-order valence-corrected chi connectivity index (χ0v) is 20.4. The summed E-state index contributed by atoms with van der Waals surface area (Å²) in [7, 11) is 0. The molecule has 0 bridgehead atoms. The van der Waals surface area contributed by atoms with E-state index in [1.54, 1.807) is 39.8 Å². The number of esters is 1. The number of amides is 1. The fourth-order valence-corrected chi connectivity index (χ4v) is 5.60. The smallest absolute Gasteiger partial charge is 0.350 e. The highest BCUT2D eigenvalue weighted by Gasteiger charge is 2.46. The second-order valence-corrected chi connectivity index (χ2v) is 9.72. The third-order valence-electron chi connectivity index (χ3n) is 5.22. The standard InChI is InChI=1S/C23H21N3O6S2/c1-5-32-22(31)20-11(3)25-23(34-20)26-16(13-6-8-14(27)9-7-13)15(18(29)21(26)30)17(28)19-10(2)24-12(4)33-19/h6-9,16,27,29H,5H2,1-4H3. The molecule has 1 aromatic carbocycles. The predicted octanol–water partition coefficient (Wildman–Crippen LogP) is 4.19. The molecule has 1 aliphatic heterocycles. The molecule has 0 spiro atoms. The summed E-state index contributed by atoms with van der Waals surface area (Å²) in [5.41, 5.74) is 1.22. The van der Waals surface area contributed by atoms with E-state index in [0.29, 0.717) is 26.8 Å². The van der Waals surface area contributed by atoms with Crippen molar-refractivity contribution in [3.05, 3.63) is 67.3 Å². The molecule has 0 aliphatic carbocycles. The number of aromatic hydroxyl groups is 1. The van der Waals surface area contributed by atoms with Crippen LogP contribution in [0.15, 0.2) is 35.6 Å². The molecular weight excluding hydrogens is 478 g/mol. The topological polar surface area (TPSA) is 130 Å². The molecule has 3 aromatic rings. The van der Waals surface area contributed by atoms with Gasteiger partial charge in [0.15, 0.2) is 10.9 Å². The first-order chi connectivity index (χ1) is 16.1. The molecule has 1 atom stereocenters. The van der Waals surface area contributed by atoms with Gasteiger partial charge < -0.3 is 14.9 Å². The number of aromatic nitrogens is 2. The van der Waals surface area contributed by atoms with Crippen LogP contribution < -0.4 is 4.90 Å². The first kappa shape index (κ1) is 23.6. The lowest BCUT2D eigenvalue weighted by atomic mass is 9.95. The number of Topliss-reactive ketones (excluding diaryl/α,β-unsaturated/α-hetero) is 1. The third kappa shape index (κ3) is 3.97. The number of anilines is 1. The molecule has 0 saturated heterocycles. The molecule has 0 radical (unpaired) electrons. The highest BCUT2D eigenvalue weighted by atomic mass is 32.1. The minimum atomic E-state index is -1.02. The number of phenols is 1. The number of phenolic OH excluding ortho intramolecular Hbond substituents is 1. The van der Waals surface area contributed by atoms with Gasteiger partial charge in [-0.05, 0) is 45.4 Å². The molecule has 11 heteroatoms. The second kappa shape index (κ2) is 8.99. The monoisotopic (exact) mass is 499 g/mol. The Hall–Kier alpha value is -3.57. The molecule has 3 heterocycles. The van der Waals surface area contributed by atoms with Crippen LogP contribution in [0.1, 0.15) is 54.3 Å². The van der Waals surface area contributed by atoms with Gasteiger partial charge in [-0.25, -0.2) is 14.8 Å². The second-order valence-electron chi connectivity index (χ2n) is 7.54. The van der Waals surface area contributed by atoms with Crippen LogP contribution in [-0.4, -0.2) is 44.4 Å². The van der Waals surface area contributed by atoms with Crippen LogP contribution in [0.2, 0.25) is 0 Å². The third-order valence-corrected chi connectivity index (χ3v) is 7.43. The number of thiazole rings is 2. The molecule has 34 heavy (non-hydrogen) atoms. The van der Waals surface area contributed by atoms with Gasteiger partial charge in [0.1, 0.15) is 10.6 Å². The first-order valence-electron chi connectivity index (χ1n) is 10.3. The SMILES string of the molecule is CCOC(=O)c1sc(N2C(=O)C(O)=C(C(=O)c3sc(C)nc3C)C2c2ccc(O)cc2)nc1C. The van der Waals surface area contributed by atoms with Gasteiger partial charge in [-0.2, -0.15) is 0 Å². The normalized spacial score (nSPS) is 15.8. The summed E-state index contributed by atoms with van der Waals surface area (Å²) in [6.45, 7) is 6.93. The first-order valence-corrected chi connectivity index (χ1v) is 12.0. The molecule has 176 valence electrons. The number of aliphatic hydroxyl groups excluding tert-OH is 1. The predicted molar refractivity (Wildman–Crippen MR) is 127 cm³/mol. The van der Waals surface area contributed by atoms with Gasteiger partial charge in [0.25, 0.3) is 5.91 Å². The number of carbonyl (C=O) groups is 3. The Bertz CT molecular complexity index is 1340. The van der Waals surface area contributed by atoms with E-state index in [2.05, 4.69) is 9.97 Å². The molecule has 0 fully saturated rings. The summed E-state index contributed by atoms with van der Waals surface area (Å²) < 4.78 is 5.07. The fraction of sp³-hybridized carbons (Fsp3) is 0.261. The van der Waals surface area contributed by atoms with Gasteiger partial charge in [-0.1, -0.05) is 23.5 Å². The summed E-state index contributed by atoms with van der Waals surface area (Å²) in [6, 6.07) is 4.94. The zero-order valence-electron chi connectivity index (χ0n) is 18.8. The Balaban J connectivity index is 1.86. The molecule has 4 rings (SSSR count). The highest BCUT2D eigenvalue weighted by molar-refractivity contribution is 7.17. The number of aryl methyl sites for hydroxylation is 3. The van der Waals surface area contributed by atoms with Crippen LogP contribution >= 0.6 is 22.7 Å². The van der Waals surface area contributed by atoms with E-state index in [1.807, 2.05) is 0 Å². The van der Waals surface area contributed by atoms with Gasteiger partial charge in [0.05, 0.1) is 39.5 Å². The Morgan fingerprint density at radius 1 is 1.03 bits per heavy atom. The molecule has 2 aromatic heterocycles. The van der Waals surface area contributed by atoms with E-state index in [-0.39, 0.29) is 27.9 Å². The lowest BCUT2D eigenvalue weighted by Gasteiger charge is -2.24. The maximum Gasteiger partial charge on any atom is 0.350 e. The van der Waals surface area contributed by atoms with E-state index in [1.165, 1.54) is 28.4 Å². The Morgan fingerprint density at radius 3 is 2.26 bits per heavy atom. The molecule has 0 saturated carbocycles. The van der Waals surface area contributed by atoms with Gasteiger partial charge in [-0.15, -0.1) is 11.3 Å². The number of hydrogen-bond donors (Lipinski definition) is 2. The number of nitrogens with zero attached hydrogens (tertiary/aromatic N) is 3.